The van der Waals surface area contributed by atoms with Gasteiger partial charge in [-0.1, -0.05) is 42.0 Å². The second kappa shape index (κ2) is 9.77. The lowest BCUT2D eigenvalue weighted by atomic mass is 10.1. The monoisotopic (exact) mass is 480 g/mol. The molecule has 0 aliphatic carbocycles. The van der Waals surface area contributed by atoms with Crippen LogP contribution in [0.4, 0.5) is 5.69 Å². The standard InChI is InChI=1S/C26H28N2O5S/c1-18-9-11-23(19(2)15-18)28(34(30,31)22-7-5-4-6-8-22)17-26(29)27-20(3)21-10-12-24-25(16-21)33-14-13-32-24/h4-12,15-16,20H,13-14,17H2,1-3H3,(H,27,29). The van der Waals surface area contributed by atoms with E-state index in [2.05, 4.69) is 5.32 Å². The summed E-state index contributed by atoms with van der Waals surface area (Å²) in [5.74, 6) is 0.888. The average molecular weight is 481 g/mol. The summed E-state index contributed by atoms with van der Waals surface area (Å²) >= 11 is 0. The van der Waals surface area contributed by atoms with E-state index in [1.165, 1.54) is 16.4 Å². The zero-order valence-corrected chi connectivity index (χ0v) is 20.3. The van der Waals surface area contributed by atoms with E-state index in [1.54, 1.807) is 24.3 Å². The van der Waals surface area contributed by atoms with Crippen LogP contribution in [0.2, 0.25) is 0 Å². The SMILES string of the molecule is Cc1ccc(N(CC(=O)NC(C)c2ccc3c(c2)OCCO3)S(=O)(=O)c2ccccc2)c(C)c1. The number of amides is 1. The van der Waals surface area contributed by atoms with Gasteiger partial charge in [-0.2, -0.15) is 0 Å². The quantitative estimate of drug-likeness (QED) is 0.549. The number of nitrogens with zero attached hydrogens (tertiary/aromatic N) is 1. The molecule has 8 heteroatoms. The maximum absolute atomic E-state index is 13.5. The Balaban J connectivity index is 1.59. The van der Waals surface area contributed by atoms with Gasteiger partial charge in [0.05, 0.1) is 16.6 Å². The van der Waals surface area contributed by atoms with Crippen LogP contribution >= 0.6 is 0 Å². The zero-order chi connectivity index (χ0) is 24.3. The molecule has 1 unspecified atom stereocenters. The molecule has 34 heavy (non-hydrogen) atoms. The van der Waals surface area contributed by atoms with Crippen molar-refractivity contribution in [1.29, 1.82) is 0 Å². The summed E-state index contributed by atoms with van der Waals surface area (Å²) in [4.78, 5) is 13.2. The molecule has 7 nitrogen and oxygen atoms in total. The average Bonchev–Trinajstić information content (AvgIpc) is 2.83. The summed E-state index contributed by atoms with van der Waals surface area (Å²) in [6.07, 6.45) is 0. The van der Waals surface area contributed by atoms with Gasteiger partial charge in [0.2, 0.25) is 5.91 Å². The van der Waals surface area contributed by atoms with E-state index in [-0.39, 0.29) is 17.5 Å². The summed E-state index contributed by atoms with van der Waals surface area (Å²) in [6, 6.07) is 18.8. The minimum Gasteiger partial charge on any atom is -0.486 e. The van der Waals surface area contributed by atoms with Crippen LogP contribution in [-0.2, 0) is 14.8 Å². The molecule has 0 saturated carbocycles. The van der Waals surface area contributed by atoms with Crippen LogP contribution in [0, 0.1) is 13.8 Å². The Labute approximate surface area is 200 Å². The summed E-state index contributed by atoms with van der Waals surface area (Å²) in [5.41, 5.74) is 3.08. The first-order chi connectivity index (χ1) is 16.3. The van der Waals surface area contributed by atoms with Crippen LogP contribution in [0.25, 0.3) is 0 Å². The number of carbonyl (C=O) groups is 1. The molecule has 0 bridgehead atoms. The van der Waals surface area contributed by atoms with Gasteiger partial charge < -0.3 is 14.8 Å². The minimum atomic E-state index is -3.96. The van der Waals surface area contributed by atoms with Gasteiger partial charge in [0.25, 0.3) is 10.0 Å². The third-order valence-corrected chi connectivity index (χ3v) is 7.46. The molecule has 1 aliphatic rings. The van der Waals surface area contributed by atoms with Crippen molar-refractivity contribution in [2.24, 2.45) is 0 Å². The van der Waals surface area contributed by atoms with Crippen LogP contribution in [0.3, 0.4) is 0 Å². The Morgan fingerprint density at radius 2 is 1.68 bits per heavy atom. The van der Waals surface area contributed by atoms with Gasteiger partial charge in [0.1, 0.15) is 19.8 Å². The van der Waals surface area contributed by atoms with Crippen LogP contribution < -0.4 is 19.1 Å². The van der Waals surface area contributed by atoms with E-state index in [0.717, 1.165) is 16.7 Å². The molecule has 0 fully saturated rings. The molecule has 0 spiro atoms. The molecule has 1 heterocycles. The van der Waals surface area contributed by atoms with Gasteiger partial charge in [-0.25, -0.2) is 8.42 Å². The van der Waals surface area contributed by atoms with Gasteiger partial charge in [-0.15, -0.1) is 0 Å². The van der Waals surface area contributed by atoms with Crippen molar-refractivity contribution in [1.82, 2.24) is 5.32 Å². The molecular formula is C26H28N2O5S. The first-order valence-electron chi connectivity index (χ1n) is 11.1. The van der Waals surface area contributed by atoms with Crippen molar-refractivity contribution in [3.63, 3.8) is 0 Å². The Kier molecular flexibility index (Phi) is 6.79. The lowest BCUT2D eigenvalue weighted by Gasteiger charge is -2.27. The Morgan fingerprint density at radius 3 is 2.38 bits per heavy atom. The fourth-order valence-electron chi connectivity index (χ4n) is 3.93. The predicted octanol–water partition coefficient (Wildman–Crippen LogP) is 4.15. The third kappa shape index (κ3) is 5.02. The van der Waals surface area contributed by atoms with Crippen molar-refractivity contribution in [2.45, 2.75) is 31.7 Å². The number of benzene rings is 3. The number of fused-ring (bicyclic) bond motifs is 1. The Morgan fingerprint density at radius 1 is 0.971 bits per heavy atom. The van der Waals surface area contributed by atoms with Crippen LogP contribution in [0.15, 0.2) is 71.6 Å². The zero-order valence-electron chi connectivity index (χ0n) is 19.4. The minimum absolute atomic E-state index is 0.127. The smallest absolute Gasteiger partial charge is 0.264 e. The number of carbonyl (C=O) groups excluding carboxylic acids is 1. The predicted molar refractivity (Wildman–Crippen MR) is 131 cm³/mol. The fourth-order valence-corrected chi connectivity index (χ4v) is 5.44. The molecule has 0 aromatic heterocycles. The molecule has 3 aromatic rings. The van der Waals surface area contributed by atoms with E-state index < -0.39 is 15.9 Å². The highest BCUT2D eigenvalue weighted by Gasteiger charge is 2.28. The number of aryl methyl sites for hydroxylation is 2. The second-order valence-corrected chi connectivity index (χ2v) is 10.2. The maximum atomic E-state index is 13.5. The first-order valence-corrected chi connectivity index (χ1v) is 12.5. The van der Waals surface area contributed by atoms with Gasteiger partial charge in [-0.05, 0) is 62.2 Å². The molecule has 0 radical (unpaired) electrons. The highest BCUT2D eigenvalue weighted by Crippen LogP contribution is 2.33. The highest BCUT2D eigenvalue weighted by molar-refractivity contribution is 7.92. The molecular weight excluding hydrogens is 452 g/mol. The number of hydrogen-bond acceptors (Lipinski definition) is 5. The number of nitrogens with one attached hydrogen (secondary N) is 1. The van der Waals surface area contributed by atoms with Gasteiger partial charge in [0, 0.05) is 0 Å². The van der Waals surface area contributed by atoms with E-state index in [9.17, 15) is 13.2 Å². The topological polar surface area (TPSA) is 84.9 Å². The fraction of sp³-hybridized carbons (Fsp3) is 0.269. The molecule has 178 valence electrons. The van der Waals surface area contributed by atoms with Gasteiger partial charge in [0.15, 0.2) is 11.5 Å². The summed E-state index contributed by atoms with van der Waals surface area (Å²) in [7, 11) is -3.96. The van der Waals surface area contributed by atoms with Crippen LogP contribution in [-0.4, -0.2) is 34.1 Å². The Hall–Kier alpha value is -3.52. The van der Waals surface area contributed by atoms with Crippen molar-refractivity contribution in [2.75, 3.05) is 24.1 Å². The van der Waals surface area contributed by atoms with E-state index in [1.807, 2.05) is 51.1 Å². The highest BCUT2D eigenvalue weighted by atomic mass is 32.2. The number of ether oxygens (including phenoxy) is 2. The van der Waals surface area contributed by atoms with Gasteiger partial charge >= 0.3 is 0 Å². The summed E-state index contributed by atoms with van der Waals surface area (Å²) in [6.45, 7) is 6.24. The lowest BCUT2D eigenvalue weighted by molar-refractivity contribution is -0.120. The molecule has 1 atom stereocenters. The lowest BCUT2D eigenvalue weighted by Crippen LogP contribution is -2.42. The van der Waals surface area contributed by atoms with Gasteiger partial charge in [-0.3, -0.25) is 9.10 Å². The van der Waals surface area contributed by atoms with E-state index in [4.69, 9.17) is 9.47 Å². The van der Waals surface area contributed by atoms with Crippen molar-refractivity contribution in [3.05, 3.63) is 83.4 Å². The second-order valence-electron chi connectivity index (χ2n) is 8.31. The van der Waals surface area contributed by atoms with Crippen molar-refractivity contribution >= 4 is 21.6 Å². The van der Waals surface area contributed by atoms with E-state index >= 15 is 0 Å². The largest absolute Gasteiger partial charge is 0.486 e. The van der Waals surface area contributed by atoms with Crippen LogP contribution in [0.5, 0.6) is 11.5 Å². The third-order valence-electron chi connectivity index (χ3n) is 5.68. The molecule has 0 saturated heterocycles. The maximum Gasteiger partial charge on any atom is 0.264 e. The van der Waals surface area contributed by atoms with Crippen molar-refractivity contribution < 1.29 is 22.7 Å². The number of anilines is 1. The molecule has 4 rings (SSSR count). The molecule has 1 amide bonds. The number of rotatable bonds is 7. The Bertz CT molecular complexity index is 1290. The van der Waals surface area contributed by atoms with Crippen LogP contribution in [0.1, 0.15) is 29.7 Å². The van der Waals surface area contributed by atoms with Crippen molar-refractivity contribution in [3.8, 4) is 11.5 Å². The normalized spacial score (nSPS) is 13.7. The summed E-state index contributed by atoms with van der Waals surface area (Å²) in [5, 5.41) is 2.92. The first kappa shape index (κ1) is 23.6. The number of sulfonamides is 1. The molecule has 1 N–H and O–H groups in total. The van der Waals surface area contributed by atoms with E-state index in [0.29, 0.717) is 30.4 Å². The molecule has 1 aliphatic heterocycles. The molecule has 3 aromatic carbocycles. The summed E-state index contributed by atoms with van der Waals surface area (Å²) < 4.78 is 39.4. The number of hydrogen-bond donors (Lipinski definition) is 1.